The van der Waals surface area contributed by atoms with Gasteiger partial charge in [-0.2, -0.15) is 10.1 Å². The van der Waals surface area contributed by atoms with Crippen molar-refractivity contribution in [2.75, 3.05) is 31.2 Å². The van der Waals surface area contributed by atoms with Gasteiger partial charge in [-0.05, 0) is 18.9 Å². The minimum atomic E-state index is 0.584. The Morgan fingerprint density at radius 3 is 2.90 bits per heavy atom. The van der Waals surface area contributed by atoms with Crippen molar-refractivity contribution in [1.82, 2.24) is 19.7 Å². The molecule has 0 unspecified atom stereocenters. The molecule has 1 aliphatic heterocycles. The fraction of sp³-hybridized carbons (Fsp3) is 0.500. The molecule has 0 N–H and O–H groups in total. The van der Waals surface area contributed by atoms with Gasteiger partial charge in [-0.1, -0.05) is 0 Å². The zero-order chi connectivity index (χ0) is 13.4. The molecule has 2 aliphatic rings. The highest BCUT2D eigenvalue weighted by molar-refractivity contribution is 5.39. The van der Waals surface area contributed by atoms with Crippen LogP contribution in [0.4, 0.5) is 5.82 Å². The van der Waals surface area contributed by atoms with Crippen LogP contribution in [-0.2, 0) is 4.74 Å². The van der Waals surface area contributed by atoms with Crippen molar-refractivity contribution in [2.45, 2.75) is 18.8 Å². The Morgan fingerprint density at radius 1 is 1.25 bits per heavy atom. The Bertz CT molecular complexity index is 601. The van der Waals surface area contributed by atoms with Crippen molar-refractivity contribution in [1.29, 1.82) is 0 Å². The minimum absolute atomic E-state index is 0.584. The van der Waals surface area contributed by atoms with Gasteiger partial charge in [-0.3, -0.25) is 0 Å². The molecule has 2 aromatic rings. The molecule has 20 heavy (non-hydrogen) atoms. The van der Waals surface area contributed by atoms with E-state index in [0.717, 1.165) is 37.8 Å². The third-order valence-corrected chi connectivity index (χ3v) is 3.72. The second-order valence-electron chi connectivity index (χ2n) is 5.21. The molecule has 1 radical (unpaired) electrons. The lowest BCUT2D eigenvalue weighted by Gasteiger charge is -2.27. The lowest BCUT2D eigenvalue weighted by molar-refractivity contribution is 0.122. The Kier molecular flexibility index (Phi) is 2.88. The number of aromatic nitrogens is 4. The van der Waals surface area contributed by atoms with E-state index in [9.17, 15) is 0 Å². The molecule has 103 valence electrons. The predicted molar refractivity (Wildman–Crippen MR) is 73.0 cm³/mol. The van der Waals surface area contributed by atoms with Crippen LogP contribution in [0.3, 0.4) is 0 Å². The maximum atomic E-state index is 5.36. The van der Waals surface area contributed by atoms with Crippen molar-refractivity contribution in [3.8, 4) is 5.95 Å². The number of ether oxygens (including phenoxy) is 1. The van der Waals surface area contributed by atoms with Crippen LogP contribution in [0.1, 0.15) is 24.5 Å². The van der Waals surface area contributed by atoms with E-state index in [1.54, 1.807) is 4.68 Å². The number of rotatable bonds is 3. The lowest BCUT2D eigenvalue weighted by Crippen LogP contribution is -2.36. The molecule has 0 bridgehead atoms. The maximum Gasteiger partial charge on any atom is 0.253 e. The summed E-state index contributed by atoms with van der Waals surface area (Å²) in [6, 6.07) is 3.88. The van der Waals surface area contributed by atoms with Gasteiger partial charge >= 0.3 is 0 Å². The summed E-state index contributed by atoms with van der Waals surface area (Å²) in [7, 11) is 0. The highest BCUT2D eigenvalue weighted by Gasteiger charge is 2.26. The van der Waals surface area contributed by atoms with E-state index in [0.29, 0.717) is 11.9 Å². The van der Waals surface area contributed by atoms with Gasteiger partial charge in [0.1, 0.15) is 5.82 Å². The largest absolute Gasteiger partial charge is 0.378 e. The second-order valence-corrected chi connectivity index (χ2v) is 5.21. The smallest absolute Gasteiger partial charge is 0.253 e. The van der Waals surface area contributed by atoms with Crippen LogP contribution in [0.5, 0.6) is 0 Å². The van der Waals surface area contributed by atoms with Crippen LogP contribution in [0.25, 0.3) is 5.95 Å². The Morgan fingerprint density at radius 2 is 2.10 bits per heavy atom. The molecule has 0 atom stereocenters. The number of hydrogen-bond acceptors (Lipinski definition) is 5. The molecule has 0 spiro atoms. The van der Waals surface area contributed by atoms with Gasteiger partial charge in [0.25, 0.3) is 5.95 Å². The van der Waals surface area contributed by atoms with Crippen LogP contribution in [0.2, 0.25) is 0 Å². The monoisotopic (exact) mass is 270 g/mol. The molecule has 0 aromatic carbocycles. The Labute approximate surface area is 117 Å². The highest BCUT2D eigenvalue weighted by atomic mass is 16.5. The van der Waals surface area contributed by atoms with Crippen molar-refractivity contribution < 1.29 is 4.74 Å². The normalized spacial score (nSPS) is 19.3. The number of morpholine rings is 1. The van der Waals surface area contributed by atoms with E-state index in [1.807, 2.05) is 12.3 Å². The Hall–Kier alpha value is -1.95. The summed E-state index contributed by atoms with van der Waals surface area (Å²) in [5, 5.41) is 4.56. The summed E-state index contributed by atoms with van der Waals surface area (Å²) < 4.78 is 7.10. The van der Waals surface area contributed by atoms with E-state index in [2.05, 4.69) is 32.2 Å². The first kappa shape index (κ1) is 11.8. The molecule has 3 heterocycles. The average molecular weight is 270 g/mol. The van der Waals surface area contributed by atoms with E-state index in [-0.39, 0.29) is 0 Å². The van der Waals surface area contributed by atoms with Gasteiger partial charge in [0, 0.05) is 31.3 Å². The zero-order valence-electron chi connectivity index (χ0n) is 11.2. The topological polar surface area (TPSA) is 56.1 Å². The van der Waals surface area contributed by atoms with Gasteiger partial charge in [0.05, 0.1) is 25.1 Å². The first-order valence-corrected chi connectivity index (χ1v) is 7.04. The SMILES string of the molecule is [c]1cc(N2CCOCC2)nc(-n2ccc(C3CC3)n2)n1. The lowest BCUT2D eigenvalue weighted by atomic mass is 10.3. The molecule has 2 fully saturated rings. The van der Waals surface area contributed by atoms with Gasteiger partial charge in [0.2, 0.25) is 0 Å². The molecule has 1 aliphatic carbocycles. The fourth-order valence-corrected chi connectivity index (χ4v) is 2.41. The third-order valence-electron chi connectivity index (χ3n) is 3.72. The molecule has 1 saturated carbocycles. The average Bonchev–Trinajstić information content (AvgIpc) is 3.26. The number of nitrogens with zero attached hydrogens (tertiary/aromatic N) is 5. The van der Waals surface area contributed by atoms with E-state index in [4.69, 9.17) is 4.74 Å². The fourth-order valence-electron chi connectivity index (χ4n) is 2.41. The van der Waals surface area contributed by atoms with Crippen LogP contribution in [0, 0.1) is 6.20 Å². The molecular weight excluding hydrogens is 254 g/mol. The number of anilines is 1. The molecule has 6 heteroatoms. The summed E-state index contributed by atoms with van der Waals surface area (Å²) in [6.45, 7) is 3.20. The van der Waals surface area contributed by atoms with E-state index in [1.165, 1.54) is 12.8 Å². The van der Waals surface area contributed by atoms with Crippen LogP contribution in [0.15, 0.2) is 18.3 Å². The summed E-state index contributed by atoms with van der Waals surface area (Å²) in [4.78, 5) is 11.0. The molecule has 4 rings (SSSR count). The maximum absolute atomic E-state index is 5.36. The first-order valence-electron chi connectivity index (χ1n) is 7.04. The number of hydrogen-bond donors (Lipinski definition) is 0. The van der Waals surface area contributed by atoms with Gasteiger partial charge < -0.3 is 9.64 Å². The van der Waals surface area contributed by atoms with Gasteiger partial charge in [-0.15, -0.1) is 0 Å². The standard InChI is InChI=1S/C14H16N5O/c1-2-11(1)12-4-6-19(17-12)14-15-5-3-13(16-14)18-7-9-20-10-8-18/h3-4,6,11H,1-2,7-10H2. The van der Waals surface area contributed by atoms with Gasteiger partial charge in [0.15, 0.2) is 0 Å². The highest BCUT2D eigenvalue weighted by Crippen LogP contribution is 2.38. The van der Waals surface area contributed by atoms with Crippen molar-refractivity contribution in [2.24, 2.45) is 0 Å². The summed E-state index contributed by atoms with van der Waals surface area (Å²) in [6.07, 6.45) is 7.35. The first-order chi connectivity index (χ1) is 9.90. The Balaban J connectivity index is 1.60. The summed E-state index contributed by atoms with van der Waals surface area (Å²) in [5.74, 6) is 2.12. The van der Waals surface area contributed by atoms with E-state index >= 15 is 0 Å². The quantitative estimate of drug-likeness (QED) is 0.838. The van der Waals surface area contributed by atoms with E-state index < -0.39 is 0 Å². The molecule has 2 aromatic heterocycles. The second kappa shape index (κ2) is 4.86. The predicted octanol–water partition coefficient (Wildman–Crippen LogP) is 1.18. The molecule has 1 saturated heterocycles. The summed E-state index contributed by atoms with van der Waals surface area (Å²) >= 11 is 0. The van der Waals surface area contributed by atoms with Gasteiger partial charge in [-0.25, -0.2) is 9.67 Å². The van der Waals surface area contributed by atoms with Crippen LogP contribution in [-0.4, -0.2) is 46.1 Å². The van der Waals surface area contributed by atoms with Crippen LogP contribution >= 0.6 is 0 Å². The van der Waals surface area contributed by atoms with Crippen molar-refractivity contribution in [3.63, 3.8) is 0 Å². The third kappa shape index (κ3) is 2.27. The zero-order valence-corrected chi connectivity index (χ0v) is 11.2. The summed E-state index contributed by atoms with van der Waals surface area (Å²) in [5.41, 5.74) is 1.14. The molecular formula is C14H16N5O. The minimum Gasteiger partial charge on any atom is -0.378 e. The van der Waals surface area contributed by atoms with Crippen molar-refractivity contribution >= 4 is 5.82 Å². The molecule has 6 nitrogen and oxygen atoms in total. The van der Waals surface area contributed by atoms with Crippen LogP contribution < -0.4 is 4.90 Å². The van der Waals surface area contributed by atoms with Crippen molar-refractivity contribution in [3.05, 3.63) is 30.2 Å². The molecule has 0 amide bonds.